The smallest absolute Gasteiger partial charge is 0.264 e. The molecule has 0 heterocycles. The lowest BCUT2D eigenvalue weighted by molar-refractivity contribution is -0.119. The minimum absolute atomic E-state index is 0.0382. The van der Waals surface area contributed by atoms with Crippen LogP contribution < -0.4 is 19.1 Å². The molecule has 32 heavy (non-hydrogen) atoms. The zero-order chi connectivity index (χ0) is 23.1. The van der Waals surface area contributed by atoms with Gasteiger partial charge in [0.15, 0.2) is 0 Å². The Bertz CT molecular complexity index is 1150. The molecule has 3 rings (SSSR count). The number of carbonyl (C=O) groups excluding carboxylic acids is 1. The highest BCUT2D eigenvalue weighted by Crippen LogP contribution is 2.26. The molecule has 0 fully saturated rings. The number of nitrogens with one attached hydrogen (secondary N) is 1. The summed E-state index contributed by atoms with van der Waals surface area (Å²) in [5.74, 6) is 0.784. The SMILES string of the molecule is COc1ccc(CNC(=O)CN(c2ccc(Cl)cc2)S(=O)(=O)c2ccc(OC)cc2)cc1. The Morgan fingerprint density at radius 2 is 1.41 bits per heavy atom. The third-order valence-electron chi connectivity index (χ3n) is 4.70. The number of rotatable bonds is 9. The molecule has 168 valence electrons. The first-order valence-corrected chi connectivity index (χ1v) is 11.5. The van der Waals surface area contributed by atoms with E-state index in [9.17, 15) is 13.2 Å². The summed E-state index contributed by atoms with van der Waals surface area (Å²) in [6, 6.07) is 19.5. The van der Waals surface area contributed by atoms with Crippen molar-refractivity contribution in [3.05, 3.63) is 83.4 Å². The topological polar surface area (TPSA) is 84.9 Å². The second-order valence-corrected chi connectivity index (χ2v) is 9.09. The van der Waals surface area contributed by atoms with Crippen LogP contribution in [0.25, 0.3) is 0 Å². The van der Waals surface area contributed by atoms with Gasteiger partial charge >= 0.3 is 0 Å². The van der Waals surface area contributed by atoms with Gasteiger partial charge in [0.2, 0.25) is 5.91 Å². The summed E-state index contributed by atoms with van der Waals surface area (Å²) in [5, 5.41) is 3.22. The van der Waals surface area contributed by atoms with Crippen molar-refractivity contribution < 1.29 is 22.7 Å². The monoisotopic (exact) mass is 474 g/mol. The molecule has 0 aromatic heterocycles. The maximum atomic E-state index is 13.4. The minimum Gasteiger partial charge on any atom is -0.497 e. The van der Waals surface area contributed by atoms with Gasteiger partial charge in [-0.1, -0.05) is 23.7 Å². The number of methoxy groups -OCH3 is 2. The molecule has 3 aromatic carbocycles. The number of nitrogens with zero attached hydrogens (tertiary/aromatic N) is 1. The molecular formula is C23H23ClN2O5S. The molecule has 0 aliphatic rings. The van der Waals surface area contributed by atoms with Gasteiger partial charge in [0.25, 0.3) is 10.0 Å². The van der Waals surface area contributed by atoms with E-state index < -0.39 is 22.5 Å². The summed E-state index contributed by atoms with van der Waals surface area (Å²) in [4.78, 5) is 12.7. The zero-order valence-electron chi connectivity index (χ0n) is 17.6. The largest absolute Gasteiger partial charge is 0.497 e. The molecule has 7 nitrogen and oxygen atoms in total. The second-order valence-electron chi connectivity index (χ2n) is 6.79. The lowest BCUT2D eigenvalue weighted by Gasteiger charge is -2.24. The Hall–Kier alpha value is -3.23. The van der Waals surface area contributed by atoms with E-state index in [4.69, 9.17) is 21.1 Å². The van der Waals surface area contributed by atoms with Crippen LogP contribution in [-0.4, -0.2) is 35.1 Å². The first-order valence-electron chi connectivity index (χ1n) is 9.65. The molecule has 0 bridgehead atoms. The van der Waals surface area contributed by atoms with Crippen molar-refractivity contribution in [3.63, 3.8) is 0 Å². The van der Waals surface area contributed by atoms with Crippen LogP contribution >= 0.6 is 11.6 Å². The average Bonchev–Trinajstić information content (AvgIpc) is 2.82. The van der Waals surface area contributed by atoms with Crippen molar-refractivity contribution in [2.45, 2.75) is 11.4 Å². The van der Waals surface area contributed by atoms with E-state index in [0.717, 1.165) is 9.87 Å². The fourth-order valence-electron chi connectivity index (χ4n) is 2.93. The fourth-order valence-corrected chi connectivity index (χ4v) is 4.47. The van der Waals surface area contributed by atoms with Gasteiger partial charge in [-0.2, -0.15) is 0 Å². The predicted molar refractivity (Wildman–Crippen MR) is 124 cm³/mol. The van der Waals surface area contributed by atoms with Gasteiger partial charge in [-0.25, -0.2) is 8.42 Å². The summed E-state index contributed by atoms with van der Waals surface area (Å²) in [5.41, 5.74) is 1.18. The second kappa shape index (κ2) is 10.4. The summed E-state index contributed by atoms with van der Waals surface area (Å²) in [7, 11) is -0.950. The van der Waals surface area contributed by atoms with Crippen LogP contribution in [0.3, 0.4) is 0 Å². The van der Waals surface area contributed by atoms with Gasteiger partial charge in [-0.3, -0.25) is 9.10 Å². The van der Waals surface area contributed by atoms with Gasteiger partial charge in [0.05, 0.1) is 24.8 Å². The summed E-state index contributed by atoms with van der Waals surface area (Å²) in [6.07, 6.45) is 0. The van der Waals surface area contributed by atoms with E-state index in [1.165, 1.54) is 19.2 Å². The number of carbonyl (C=O) groups is 1. The number of ether oxygens (including phenoxy) is 2. The number of benzene rings is 3. The zero-order valence-corrected chi connectivity index (χ0v) is 19.2. The molecular weight excluding hydrogens is 452 g/mol. The van der Waals surface area contributed by atoms with Crippen molar-refractivity contribution in [1.82, 2.24) is 5.32 Å². The number of hydrogen-bond donors (Lipinski definition) is 1. The molecule has 0 saturated heterocycles. The van der Waals surface area contributed by atoms with Gasteiger partial charge in [-0.05, 0) is 66.2 Å². The first kappa shape index (κ1) is 23.4. The lowest BCUT2D eigenvalue weighted by atomic mass is 10.2. The molecule has 3 aromatic rings. The molecule has 1 amide bonds. The Kier molecular flexibility index (Phi) is 7.61. The highest BCUT2D eigenvalue weighted by atomic mass is 35.5. The van der Waals surface area contributed by atoms with Gasteiger partial charge in [0.1, 0.15) is 18.0 Å². The minimum atomic E-state index is -4.02. The van der Waals surface area contributed by atoms with Gasteiger partial charge in [-0.15, -0.1) is 0 Å². The maximum absolute atomic E-state index is 13.4. The molecule has 0 atom stereocenters. The predicted octanol–water partition coefficient (Wildman–Crippen LogP) is 3.87. The Balaban J connectivity index is 1.82. The maximum Gasteiger partial charge on any atom is 0.264 e. The van der Waals surface area contributed by atoms with Gasteiger partial charge in [0, 0.05) is 11.6 Å². The standard InChI is InChI=1S/C23H23ClN2O5S/c1-30-20-9-3-17(4-10-20)15-25-23(27)16-26(19-7-5-18(24)6-8-19)32(28,29)22-13-11-21(31-2)12-14-22/h3-14H,15-16H2,1-2H3,(H,25,27). The van der Waals surface area contributed by atoms with E-state index >= 15 is 0 Å². The van der Waals surface area contributed by atoms with E-state index in [1.54, 1.807) is 55.6 Å². The quantitative estimate of drug-likeness (QED) is 0.509. The summed E-state index contributed by atoms with van der Waals surface area (Å²) < 4.78 is 38.0. The molecule has 1 N–H and O–H groups in total. The molecule has 0 unspecified atom stereocenters. The third kappa shape index (κ3) is 5.72. The van der Waals surface area contributed by atoms with Crippen LogP contribution in [0.2, 0.25) is 5.02 Å². The summed E-state index contributed by atoms with van der Waals surface area (Å²) in [6.45, 7) is -0.147. The number of halogens is 1. The van der Waals surface area contributed by atoms with Crippen LogP contribution in [-0.2, 0) is 21.4 Å². The van der Waals surface area contributed by atoms with Crippen molar-refractivity contribution in [2.75, 3.05) is 25.1 Å². The van der Waals surface area contributed by atoms with E-state index in [0.29, 0.717) is 22.2 Å². The van der Waals surface area contributed by atoms with Crippen LogP contribution in [0.15, 0.2) is 77.7 Å². The highest BCUT2D eigenvalue weighted by molar-refractivity contribution is 7.92. The van der Waals surface area contributed by atoms with Gasteiger partial charge < -0.3 is 14.8 Å². The van der Waals surface area contributed by atoms with Crippen molar-refractivity contribution >= 4 is 33.2 Å². The number of sulfonamides is 1. The average molecular weight is 475 g/mol. The molecule has 0 aliphatic carbocycles. The lowest BCUT2D eigenvalue weighted by Crippen LogP contribution is -2.40. The molecule has 0 spiro atoms. The van der Waals surface area contributed by atoms with Crippen molar-refractivity contribution in [3.8, 4) is 11.5 Å². The normalized spacial score (nSPS) is 11.0. The van der Waals surface area contributed by atoms with Crippen LogP contribution in [0.5, 0.6) is 11.5 Å². The van der Waals surface area contributed by atoms with Crippen molar-refractivity contribution in [2.24, 2.45) is 0 Å². The Morgan fingerprint density at radius 1 is 0.875 bits per heavy atom. The molecule has 0 saturated carbocycles. The fraction of sp³-hybridized carbons (Fsp3) is 0.174. The first-order chi connectivity index (χ1) is 15.3. The summed E-state index contributed by atoms with van der Waals surface area (Å²) >= 11 is 5.96. The molecule has 0 radical (unpaired) electrons. The molecule has 9 heteroatoms. The van der Waals surface area contributed by atoms with E-state index in [1.807, 2.05) is 12.1 Å². The highest BCUT2D eigenvalue weighted by Gasteiger charge is 2.27. The van der Waals surface area contributed by atoms with Crippen LogP contribution in [0.1, 0.15) is 5.56 Å². The number of anilines is 1. The van der Waals surface area contributed by atoms with E-state index in [2.05, 4.69) is 5.32 Å². The molecule has 0 aliphatic heterocycles. The van der Waals surface area contributed by atoms with Crippen LogP contribution in [0, 0.1) is 0 Å². The Morgan fingerprint density at radius 3 is 1.94 bits per heavy atom. The Labute approximate surface area is 192 Å². The number of hydrogen-bond acceptors (Lipinski definition) is 5. The third-order valence-corrected chi connectivity index (χ3v) is 6.74. The number of amides is 1. The van der Waals surface area contributed by atoms with Crippen molar-refractivity contribution in [1.29, 1.82) is 0 Å². The van der Waals surface area contributed by atoms with Crippen LogP contribution in [0.4, 0.5) is 5.69 Å². The van der Waals surface area contributed by atoms with E-state index in [-0.39, 0.29) is 11.4 Å².